The van der Waals surface area contributed by atoms with Crippen molar-refractivity contribution >= 4 is 17.3 Å². The van der Waals surface area contributed by atoms with Crippen LogP contribution in [0.15, 0.2) is 18.2 Å². The number of nitrogens with one attached hydrogen (secondary N) is 1. The molecular weight excluding hydrogens is 184 g/mol. The molecule has 3 heteroatoms. The van der Waals surface area contributed by atoms with Gasteiger partial charge in [-0.3, -0.25) is 0 Å². The van der Waals surface area contributed by atoms with E-state index >= 15 is 0 Å². The van der Waals surface area contributed by atoms with Crippen LogP contribution < -0.4 is 11.1 Å². The smallest absolute Gasteiger partial charge is 0.0638 e. The molecule has 0 saturated carbocycles. The summed E-state index contributed by atoms with van der Waals surface area (Å²) in [6, 6.07) is 6.51. The van der Waals surface area contributed by atoms with Gasteiger partial charge in [0.25, 0.3) is 0 Å². The second-order valence-electron chi connectivity index (χ2n) is 3.50. The summed E-state index contributed by atoms with van der Waals surface area (Å²) in [5, 5.41) is 4.02. The highest BCUT2D eigenvalue weighted by Gasteiger charge is 2.16. The van der Waals surface area contributed by atoms with Crippen molar-refractivity contribution in [3.8, 4) is 0 Å². The summed E-state index contributed by atoms with van der Waals surface area (Å²) in [4.78, 5) is 0. The van der Waals surface area contributed by atoms with E-state index in [1.807, 2.05) is 18.2 Å². The summed E-state index contributed by atoms with van der Waals surface area (Å²) in [5.74, 6) is 0. The molecule has 0 amide bonds. The van der Waals surface area contributed by atoms with E-state index in [9.17, 15) is 0 Å². The molecule has 0 bridgehead atoms. The van der Waals surface area contributed by atoms with Crippen molar-refractivity contribution in [2.24, 2.45) is 0 Å². The van der Waals surface area contributed by atoms with Crippen molar-refractivity contribution in [3.05, 3.63) is 28.8 Å². The van der Waals surface area contributed by atoms with E-state index in [-0.39, 0.29) is 0 Å². The van der Waals surface area contributed by atoms with Crippen LogP contribution >= 0.6 is 11.6 Å². The van der Waals surface area contributed by atoms with E-state index in [4.69, 9.17) is 17.3 Å². The van der Waals surface area contributed by atoms with Gasteiger partial charge in [0.05, 0.1) is 10.7 Å². The van der Waals surface area contributed by atoms with E-state index in [2.05, 4.69) is 5.32 Å². The highest BCUT2D eigenvalue weighted by molar-refractivity contribution is 6.33. The minimum atomic E-state index is 0.639. The maximum Gasteiger partial charge on any atom is 0.0638 e. The average molecular weight is 197 g/mol. The van der Waals surface area contributed by atoms with Gasteiger partial charge in [0.2, 0.25) is 0 Å². The summed E-state index contributed by atoms with van der Waals surface area (Å²) < 4.78 is 0. The number of hydrogen-bond acceptors (Lipinski definition) is 2. The molecule has 0 aliphatic carbocycles. The van der Waals surface area contributed by atoms with Crippen LogP contribution in [0.4, 0.5) is 5.69 Å². The lowest BCUT2D eigenvalue weighted by Crippen LogP contribution is -2.44. The van der Waals surface area contributed by atoms with Gasteiger partial charge >= 0.3 is 0 Å². The molecule has 1 aromatic carbocycles. The zero-order chi connectivity index (χ0) is 9.26. The van der Waals surface area contributed by atoms with Gasteiger partial charge < -0.3 is 11.1 Å². The van der Waals surface area contributed by atoms with Gasteiger partial charge in [0, 0.05) is 6.04 Å². The maximum atomic E-state index is 5.91. The van der Waals surface area contributed by atoms with Crippen molar-refractivity contribution in [1.82, 2.24) is 5.32 Å². The second-order valence-corrected chi connectivity index (χ2v) is 3.91. The third kappa shape index (κ3) is 1.95. The molecule has 1 aromatic rings. The molecule has 0 aromatic heterocycles. The highest BCUT2D eigenvalue weighted by Crippen LogP contribution is 2.21. The Morgan fingerprint density at radius 3 is 2.85 bits per heavy atom. The van der Waals surface area contributed by atoms with Crippen molar-refractivity contribution in [3.63, 3.8) is 0 Å². The van der Waals surface area contributed by atoms with E-state index < -0.39 is 0 Å². The number of hydrogen-bond donors (Lipinski definition) is 2. The molecule has 70 valence electrons. The standard InChI is InChI=1S/C10H13ClN2/c11-9-6-7(1-2-10(9)12)5-8-3-4-13-8/h1-2,6,8,13H,3-5,12H2. The molecule has 2 rings (SSSR count). The van der Waals surface area contributed by atoms with Gasteiger partial charge in [-0.25, -0.2) is 0 Å². The third-order valence-electron chi connectivity index (χ3n) is 2.47. The predicted octanol–water partition coefficient (Wildman–Crippen LogP) is 1.83. The first-order chi connectivity index (χ1) is 6.25. The molecular formula is C10H13ClN2. The van der Waals surface area contributed by atoms with Gasteiger partial charge in [-0.1, -0.05) is 17.7 Å². The number of nitrogen functional groups attached to an aromatic ring is 1. The highest BCUT2D eigenvalue weighted by atomic mass is 35.5. The topological polar surface area (TPSA) is 38.0 Å². The summed E-state index contributed by atoms with van der Waals surface area (Å²) in [7, 11) is 0. The molecule has 2 nitrogen and oxygen atoms in total. The normalized spacial score (nSPS) is 21.2. The zero-order valence-electron chi connectivity index (χ0n) is 7.39. The van der Waals surface area contributed by atoms with Gasteiger partial charge in [-0.05, 0) is 37.1 Å². The molecule has 1 aliphatic heterocycles. The molecule has 0 spiro atoms. The van der Waals surface area contributed by atoms with Crippen molar-refractivity contribution < 1.29 is 0 Å². The lowest BCUT2D eigenvalue weighted by molar-refractivity contribution is 0.369. The number of anilines is 1. The summed E-state index contributed by atoms with van der Waals surface area (Å²) in [5.41, 5.74) is 7.54. The molecule has 1 saturated heterocycles. The quantitative estimate of drug-likeness (QED) is 0.709. The Hall–Kier alpha value is -0.730. The van der Waals surface area contributed by atoms with Crippen LogP contribution in [-0.2, 0) is 6.42 Å². The minimum Gasteiger partial charge on any atom is -0.398 e. The molecule has 1 atom stereocenters. The van der Waals surface area contributed by atoms with Gasteiger partial charge in [-0.2, -0.15) is 0 Å². The van der Waals surface area contributed by atoms with E-state index in [1.54, 1.807) is 0 Å². The maximum absolute atomic E-state index is 5.91. The first kappa shape index (κ1) is 8.85. The van der Waals surface area contributed by atoms with Crippen molar-refractivity contribution in [1.29, 1.82) is 0 Å². The Morgan fingerprint density at radius 2 is 2.31 bits per heavy atom. The monoisotopic (exact) mass is 196 g/mol. The van der Waals surface area contributed by atoms with E-state index in [1.165, 1.54) is 12.0 Å². The number of rotatable bonds is 2. The minimum absolute atomic E-state index is 0.639. The molecule has 1 aliphatic rings. The Bertz CT molecular complexity index is 308. The van der Waals surface area contributed by atoms with E-state index in [0.717, 1.165) is 13.0 Å². The van der Waals surface area contributed by atoms with E-state index in [0.29, 0.717) is 16.8 Å². The summed E-state index contributed by atoms with van der Waals surface area (Å²) >= 11 is 5.91. The predicted molar refractivity (Wildman–Crippen MR) is 56.0 cm³/mol. The fraction of sp³-hybridized carbons (Fsp3) is 0.400. The number of benzene rings is 1. The Morgan fingerprint density at radius 1 is 1.54 bits per heavy atom. The van der Waals surface area contributed by atoms with Gasteiger partial charge in [-0.15, -0.1) is 0 Å². The molecule has 3 N–H and O–H groups in total. The fourth-order valence-corrected chi connectivity index (χ4v) is 1.71. The average Bonchev–Trinajstić information content (AvgIpc) is 2.04. The Kier molecular flexibility index (Phi) is 2.42. The largest absolute Gasteiger partial charge is 0.398 e. The lowest BCUT2D eigenvalue weighted by atomic mass is 9.98. The van der Waals surface area contributed by atoms with Crippen molar-refractivity contribution in [2.75, 3.05) is 12.3 Å². The van der Waals surface area contributed by atoms with Crippen LogP contribution in [0.3, 0.4) is 0 Å². The first-order valence-electron chi connectivity index (χ1n) is 4.53. The molecule has 1 unspecified atom stereocenters. The zero-order valence-corrected chi connectivity index (χ0v) is 8.14. The van der Waals surface area contributed by atoms with Crippen LogP contribution in [-0.4, -0.2) is 12.6 Å². The number of halogens is 1. The van der Waals surface area contributed by atoms with Crippen LogP contribution in [0.1, 0.15) is 12.0 Å². The lowest BCUT2D eigenvalue weighted by Gasteiger charge is -2.27. The van der Waals surface area contributed by atoms with Crippen LogP contribution in [0.25, 0.3) is 0 Å². The summed E-state index contributed by atoms with van der Waals surface area (Å²) in [6.45, 7) is 1.15. The Balaban J connectivity index is 2.07. The first-order valence-corrected chi connectivity index (χ1v) is 4.91. The number of nitrogens with two attached hydrogens (primary N) is 1. The van der Waals surface area contributed by atoms with Crippen LogP contribution in [0.2, 0.25) is 5.02 Å². The van der Waals surface area contributed by atoms with Gasteiger partial charge in [0.1, 0.15) is 0 Å². The van der Waals surface area contributed by atoms with Gasteiger partial charge in [0.15, 0.2) is 0 Å². The third-order valence-corrected chi connectivity index (χ3v) is 2.80. The second kappa shape index (κ2) is 3.56. The fourth-order valence-electron chi connectivity index (χ4n) is 1.50. The van der Waals surface area contributed by atoms with Crippen molar-refractivity contribution in [2.45, 2.75) is 18.9 Å². The SMILES string of the molecule is Nc1ccc(CC2CCN2)cc1Cl. The Labute approximate surface area is 83.1 Å². The summed E-state index contributed by atoms with van der Waals surface area (Å²) in [6.07, 6.45) is 2.32. The van der Waals surface area contributed by atoms with Crippen LogP contribution in [0, 0.1) is 0 Å². The molecule has 0 radical (unpaired) electrons. The molecule has 13 heavy (non-hydrogen) atoms. The molecule has 1 fully saturated rings. The molecule has 1 heterocycles. The van der Waals surface area contributed by atoms with Crippen LogP contribution in [0.5, 0.6) is 0 Å².